The second-order valence-corrected chi connectivity index (χ2v) is 2.27. The average Bonchev–Trinajstić information content (AvgIpc) is 2.19. The summed E-state index contributed by atoms with van der Waals surface area (Å²) in [7, 11) is 0.706. The summed E-state index contributed by atoms with van der Waals surface area (Å²) < 4.78 is 5.13. The molecule has 1 rings (SSSR count). The molecule has 43 valence electrons. The molecule has 1 unspecified atom stereocenters. The summed E-state index contributed by atoms with van der Waals surface area (Å²) >= 11 is 0. The van der Waals surface area contributed by atoms with E-state index in [1.54, 1.807) is 0 Å². The van der Waals surface area contributed by atoms with Crippen LogP contribution >= 0.6 is 8.19 Å². The molecule has 0 saturated carbocycles. The fraction of sp³-hybridized carbons (Fsp3) is 0.333. The summed E-state index contributed by atoms with van der Waals surface area (Å²) in [6.07, 6.45) is 0. The van der Waals surface area contributed by atoms with Gasteiger partial charge in [0.25, 0.3) is 0 Å². The van der Waals surface area contributed by atoms with Crippen LogP contribution in [0.15, 0.2) is 11.9 Å². The minimum Gasteiger partial charge on any atom is -0.493 e. The largest absolute Gasteiger partial charge is 0.493 e. The van der Waals surface area contributed by atoms with E-state index in [0.717, 1.165) is 12.4 Å². The third-order valence-electron chi connectivity index (χ3n) is 0.813. The monoisotopic (exact) mass is 127 g/mol. The Morgan fingerprint density at radius 1 is 1.88 bits per heavy atom. The maximum Gasteiger partial charge on any atom is 0.131 e. The molecule has 1 heterocycles. The zero-order valence-corrected chi connectivity index (χ0v) is 5.77. The van der Waals surface area contributed by atoms with Crippen molar-refractivity contribution in [3.8, 4) is 5.75 Å². The number of rotatable bonds is 2. The second-order valence-electron chi connectivity index (χ2n) is 1.40. The van der Waals surface area contributed by atoms with Crippen LogP contribution in [0.2, 0.25) is 0 Å². The van der Waals surface area contributed by atoms with Crippen molar-refractivity contribution >= 4 is 8.19 Å². The number of ether oxygens (including phenoxy) is 1. The van der Waals surface area contributed by atoms with Gasteiger partial charge in [0, 0.05) is 5.80 Å². The van der Waals surface area contributed by atoms with Gasteiger partial charge in [-0.15, -0.1) is 8.19 Å². The predicted octanol–water partition coefficient (Wildman–Crippen LogP) is 1.92. The van der Waals surface area contributed by atoms with Crippen molar-refractivity contribution in [2.24, 2.45) is 0 Å². The molecule has 1 nitrogen and oxygen atoms in total. The van der Waals surface area contributed by atoms with E-state index in [9.17, 15) is 0 Å². The highest BCUT2D eigenvalue weighted by Gasteiger charge is 1.86. The van der Waals surface area contributed by atoms with Crippen molar-refractivity contribution in [2.75, 3.05) is 6.61 Å². The summed E-state index contributed by atoms with van der Waals surface area (Å²) in [4.78, 5) is 0. The summed E-state index contributed by atoms with van der Waals surface area (Å²) in [5, 5.41) is 0. The van der Waals surface area contributed by atoms with Gasteiger partial charge >= 0.3 is 0 Å². The van der Waals surface area contributed by atoms with E-state index in [4.69, 9.17) is 4.74 Å². The molecule has 0 aliphatic rings. The third-order valence-corrected chi connectivity index (χ3v) is 1.54. The molecule has 0 spiro atoms. The molecular formula is C6H8OP. The lowest BCUT2D eigenvalue weighted by Crippen LogP contribution is -1.87. The predicted molar refractivity (Wildman–Crippen MR) is 35.9 cm³/mol. The lowest BCUT2D eigenvalue weighted by atomic mass is 10.6. The van der Waals surface area contributed by atoms with E-state index in [2.05, 4.69) is 11.6 Å². The zero-order valence-electron chi connectivity index (χ0n) is 4.77. The van der Waals surface area contributed by atoms with Crippen LogP contribution < -0.4 is 4.74 Å². The van der Waals surface area contributed by atoms with Gasteiger partial charge < -0.3 is 4.74 Å². The highest BCUT2D eigenvalue weighted by atomic mass is 31.0. The van der Waals surface area contributed by atoms with Gasteiger partial charge in [0.2, 0.25) is 0 Å². The van der Waals surface area contributed by atoms with Crippen LogP contribution in [0.3, 0.4) is 0 Å². The lowest BCUT2D eigenvalue weighted by Gasteiger charge is -1.94. The quantitative estimate of drug-likeness (QED) is 0.589. The first-order valence-corrected chi connectivity index (χ1v) is 3.69. The Hall–Kier alpha value is -0.420. The summed E-state index contributed by atoms with van der Waals surface area (Å²) in [6.45, 7) is 2.72. The minimum absolute atomic E-state index is 0.706. The number of hydrogen-bond acceptors (Lipinski definition) is 1. The van der Waals surface area contributed by atoms with E-state index >= 15 is 0 Å². The van der Waals surface area contributed by atoms with Gasteiger partial charge in [-0.3, -0.25) is 0 Å². The Bertz CT molecular complexity index is 134. The van der Waals surface area contributed by atoms with Crippen LogP contribution in [-0.2, 0) is 0 Å². The first kappa shape index (κ1) is 5.71. The minimum atomic E-state index is 0.706. The topological polar surface area (TPSA) is 9.23 Å². The Morgan fingerprint density at radius 2 is 2.75 bits per heavy atom. The van der Waals surface area contributed by atoms with Gasteiger partial charge in [-0.2, -0.15) is 0 Å². The van der Waals surface area contributed by atoms with Gasteiger partial charge in [0.05, 0.1) is 6.61 Å². The SMILES string of the molecule is CCOc1[c][pH]cc1. The standard InChI is InChI=1S/C6H8OP/c1-2-7-6-3-4-8-5-6/h3-4,8H,2H2,1H3. The summed E-state index contributed by atoms with van der Waals surface area (Å²) in [5.41, 5.74) is 0. The number of hydrogen-bond donors (Lipinski definition) is 0. The normalized spacial score (nSPS) is 10.1. The second kappa shape index (κ2) is 2.78. The molecule has 8 heavy (non-hydrogen) atoms. The van der Waals surface area contributed by atoms with Crippen LogP contribution in [0, 0.1) is 5.80 Å². The first-order chi connectivity index (χ1) is 3.93. The average molecular weight is 127 g/mol. The molecule has 2 heteroatoms. The fourth-order valence-corrected chi connectivity index (χ4v) is 1.13. The molecule has 1 atom stereocenters. The van der Waals surface area contributed by atoms with Gasteiger partial charge in [0.15, 0.2) is 0 Å². The Kier molecular flexibility index (Phi) is 1.99. The summed E-state index contributed by atoms with van der Waals surface area (Å²) in [6, 6.07) is 1.96. The van der Waals surface area contributed by atoms with Gasteiger partial charge in [0.1, 0.15) is 5.75 Å². The van der Waals surface area contributed by atoms with E-state index in [0.29, 0.717) is 8.19 Å². The summed E-state index contributed by atoms with van der Waals surface area (Å²) in [5.74, 6) is 6.04. The van der Waals surface area contributed by atoms with Crippen molar-refractivity contribution in [1.29, 1.82) is 0 Å². The van der Waals surface area contributed by atoms with E-state index in [1.807, 2.05) is 13.0 Å². The molecule has 1 radical (unpaired) electrons. The molecule has 0 aromatic carbocycles. The Morgan fingerprint density at radius 3 is 3.25 bits per heavy atom. The molecule has 0 N–H and O–H groups in total. The van der Waals surface area contributed by atoms with Crippen LogP contribution in [-0.4, -0.2) is 6.61 Å². The molecule has 1 aromatic heterocycles. The molecule has 0 amide bonds. The van der Waals surface area contributed by atoms with Crippen molar-refractivity contribution in [2.45, 2.75) is 6.92 Å². The molecule has 0 fully saturated rings. The molecule has 0 saturated heterocycles. The van der Waals surface area contributed by atoms with Crippen LogP contribution in [0.1, 0.15) is 6.92 Å². The van der Waals surface area contributed by atoms with Crippen molar-refractivity contribution < 1.29 is 4.74 Å². The maximum absolute atomic E-state index is 5.13. The lowest BCUT2D eigenvalue weighted by molar-refractivity contribution is 0.341. The highest BCUT2D eigenvalue weighted by molar-refractivity contribution is 7.28. The molecular weight excluding hydrogens is 119 g/mol. The van der Waals surface area contributed by atoms with Crippen LogP contribution in [0.5, 0.6) is 5.75 Å². The van der Waals surface area contributed by atoms with Crippen molar-refractivity contribution in [3.05, 3.63) is 17.7 Å². The zero-order chi connectivity index (χ0) is 5.82. The van der Waals surface area contributed by atoms with Crippen LogP contribution in [0.25, 0.3) is 0 Å². The Balaban J connectivity index is 2.50. The van der Waals surface area contributed by atoms with E-state index in [1.165, 1.54) is 0 Å². The van der Waals surface area contributed by atoms with Crippen LogP contribution in [0.4, 0.5) is 0 Å². The molecule has 0 bridgehead atoms. The smallest absolute Gasteiger partial charge is 0.131 e. The van der Waals surface area contributed by atoms with Crippen molar-refractivity contribution in [1.82, 2.24) is 0 Å². The maximum atomic E-state index is 5.13. The molecule has 0 aliphatic carbocycles. The molecule has 1 aromatic rings. The van der Waals surface area contributed by atoms with E-state index < -0.39 is 0 Å². The third kappa shape index (κ3) is 1.28. The van der Waals surface area contributed by atoms with Crippen molar-refractivity contribution in [3.63, 3.8) is 0 Å². The highest BCUT2D eigenvalue weighted by Crippen LogP contribution is 2.16. The van der Waals surface area contributed by atoms with Gasteiger partial charge in [-0.1, -0.05) is 0 Å². The molecule has 0 aliphatic heterocycles. The first-order valence-electron chi connectivity index (χ1n) is 2.61. The Labute approximate surface area is 50.8 Å². The van der Waals surface area contributed by atoms with Gasteiger partial charge in [-0.25, -0.2) is 0 Å². The van der Waals surface area contributed by atoms with Gasteiger partial charge in [-0.05, 0) is 18.8 Å². The fourth-order valence-electron chi connectivity index (χ4n) is 0.512. The van der Waals surface area contributed by atoms with E-state index in [-0.39, 0.29) is 0 Å².